The smallest absolute Gasteiger partial charge is 0.330 e. The highest BCUT2D eigenvalue weighted by Crippen LogP contribution is 2.22. The third-order valence-corrected chi connectivity index (χ3v) is 4.01. The second-order valence-corrected chi connectivity index (χ2v) is 6.25. The lowest BCUT2D eigenvalue weighted by molar-refractivity contribution is 0.405. The second kappa shape index (κ2) is 7.45. The molecule has 25 heavy (non-hydrogen) atoms. The maximum absolute atomic E-state index is 11.5. The third kappa shape index (κ3) is 4.23. The minimum absolute atomic E-state index is 0.170. The minimum Gasteiger partial charge on any atom is -0.403 e. The largest absolute Gasteiger partial charge is 0.403 e. The van der Waals surface area contributed by atoms with E-state index >= 15 is 0 Å². The normalized spacial score (nSPS) is 14.9. The maximum Gasteiger partial charge on any atom is 0.330 e. The van der Waals surface area contributed by atoms with Gasteiger partial charge in [-0.1, -0.05) is 12.8 Å². The highest BCUT2D eigenvalue weighted by atomic mass is 16.5. The number of hydrogen-bond donors (Lipinski definition) is 0. The molecule has 1 saturated heterocycles. The van der Waals surface area contributed by atoms with E-state index in [9.17, 15) is 4.79 Å². The molecule has 3 heterocycles. The Hall–Kier alpha value is -2.71. The summed E-state index contributed by atoms with van der Waals surface area (Å²) in [4.78, 5) is 28.8. The van der Waals surface area contributed by atoms with Gasteiger partial charge in [0.1, 0.15) is 0 Å². The van der Waals surface area contributed by atoms with E-state index in [0.29, 0.717) is 11.9 Å². The van der Waals surface area contributed by atoms with Crippen molar-refractivity contribution >= 4 is 11.9 Å². The molecule has 1 aliphatic heterocycles. The first-order chi connectivity index (χ1) is 12.0. The van der Waals surface area contributed by atoms with Crippen LogP contribution < -0.4 is 20.1 Å². The zero-order valence-electron chi connectivity index (χ0n) is 14.8. The van der Waals surface area contributed by atoms with Gasteiger partial charge in [0.05, 0.1) is 0 Å². The number of hydrogen-bond acceptors (Lipinski definition) is 8. The van der Waals surface area contributed by atoms with Gasteiger partial charge in [0.15, 0.2) is 0 Å². The van der Waals surface area contributed by atoms with E-state index in [4.69, 9.17) is 4.74 Å². The van der Waals surface area contributed by atoms with Crippen LogP contribution in [0, 0.1) is 0 Å². The van der Waals surface area contributed by atoms with Crippen LogP contribution in [0.1, 0.15) is 25.7 Å². The summed E-state index contributed by atoms with van der Waals surface area (Å²) < 4.78 is 6.89. The zero-order valence-corrected chi connectivity index (χ0v) is 14.8. The third-order valence-electron chi connectivity index (χ3n) is 4.01. The van der Waals surface area contributed by atoms with E-state index in [1.165, 1.54) is 29.7 Å². The van der Waals surface area contributed by atoms with Crippen molar-refractivity contribution in [3.63, 3.8) is 0 Å². The summed E-state index contributed by atoms with van der Waals surface area (Å²) in [5.41, 5.74) is -0.206. The number of rotatable bonds is 4. The van der Waals surface area contributed by atoms with Crippen LogP contribution in [0.2, 0.25) is 0 Å². The fourth-order valence-corrected chi connectivity index (χ4v) is 2.62. The minimum atomic E-state index is -0.206. The van der Waals surface area contributed by atoms with Gasteiger partial charge in [-0.2, -0.15) is 15.0 Å². The van der Waals surface area contributed by atoms with Gasteiger partial charge in [0.2, 0.25) is 17.8 Å². The van der Waals surface area contributed by atoms with Gasteiger partial charge in [0.25, 0.3) is 5.56 Å². The summed E-state index contributed by atoms with van der Waals surface area (Å²) in [5, 5.41) is 4.05. The van der Waals surface area contributed by atoms with E-state index < -0.39 is 0 Å². The average molecular weight is 345 g/mol. The Morgan fingerprint density at radius 2 is 1.76 bits per heavy atom. The lowest BCUT2D eigenvalue weighted by Gasteiger charge is -2.22. The number of anilines is 2. The standard InChI is InChI=1S/C16H23N7O2/c1-21(2)14-17-15(23-10-6-4-5-7-11-23)19-16(18-14)25-12-8-9-13(24)22(3)20-12/h8-9H,4-7,10-11H2,1-3H3. The summed E-state index contributed by atoms with van der Waals surface area (Å²) in [6.07, 6.45) is 4.71. The van der Waals surface area contributed by atoms with Gasteiger partial charge in [-0.25, -0.2) is 4.68 Å². The number of aryl methyl sites for hydroxylation is 1. The number of nitrogens with zero attached hydrogens (tertiary/aromatic N) is 7. The maximum atomic E-state index is 11.5. The van der Waals surface area contributed by atoms with Crippen LogP contribution >= 0.6 is 0 Å². The topological polar surface area (TPSA) is 89.3 Å². The molecule has 0 amide bonds. The molecule has 0 bridgehead atoms. The summed E-state index contributed by atoms with van der Waals surface area (Å²) in [7, 11) is 5.31. The van der Waals surface area contributed by atoms with Gasteiger partial charge < -0.3 is 14.5 Å². The van der Waals surface area contributed by atoms with Crippen LogP contribution in [0.15, 0.2) is 16.9 Å². The van der Waals surface area contributed by atoms with Crippen molar-refractivity contribution in [2.75, 3.05) is 37.0 Å². The summed E-state index contributed by atoms with van der Waals surface area (Å²) in [6.45, 7) is 1.85. The monoisotopic (exact) mass is 345 g/mol. The quantitative estimate of drug-likeness (QED) is 0.817. The molecule has 2 aromatic heterocycles. The summed E-state index contributed by atoms with van der Waals surface area (Å²) >= 11 is 0. The Balaban J connectivity index is 1.91. The van der Waals surface area contributed by atoms with Crippen LogP contribution in [-0.2, 0) is 7.05 Å². The zero-order chi connectivity index (χ0) is 17.8. The lowest BCUT2D eigenvalue weighted by atomic mass is 10.2. The Morgan fingerprint density at radius 1 is 1.04 bits per heavy atom. The molecule has 0 unspecified atom stereocenters. The predicted molar refractivity (Wildman–Crippen MR) is 94.4 cm³/mol. The molecule has 0 aromatic carbocycles. The van der Waals surface area contributed by atoms with E-state index in [-0.39, 0.29) is 17.4 Å². The van der Waals surface area contributed by atoms with Crippen molar-refractivity contribution in [2.24, 2.45) is 7.05 Å². The van der Waals surface area contributed by atoms with Gasteiger partial charge >= 0.3 is 6.01 Å². The van der Waals surface area contributed by atoms with Gasteiger partial charge in [-0.05, 0) is 12.8 Å². The van der Waals surface area contributed by atoms with Crippen molar-refractivity contribution in [3.8, 4) is 11.9 Å². The summed E-state index contributed by atoms with van der Waals surface area (Å²) in [5.74, 6) is 1.40. The highest BCUT2D eigenvalue weighted by molar-refractivity contribution is 5.40. The molecule has 1 aliphatic rings. The second-order valence-electron chi connectivity index (χ2n) is 6.25. The van der Waals surface area contributed by atoms with Crippen LogP contribution in [0.4, 0.5) is 11.9 Å². The number of ether oxygens (including phenoxy) is 1. The molecule has 1 fully saturated rings. The Labute approximate surface area is 146 Å². The van der Waals surface area contributed by atoms with Gasteiger partial charge in [-0.15, -0.1) is 5.10 Å². The van der Waals surface area contributed by atoms with E-state index in [1.54, 1.807) is 7.05 Å². The highest BCUT2D eigenvalue weighted by Gasteiger charge is 2.17. The molecule has 0 atom stereocenters. The number of aromatic nitrogens is 5. The first-order valence-electron chi connectivity index (χ1n) is 8.43. The molecule has 2 aromatic rings. The fraction of sp³-hybridized carbons (Fsp3) is 0.562. The SMILES string of the molecule is CN(C)c1nc(Oc2ccc(=O)n(C)n2)nc(N2CCCCCC2)n1. The van der Waals surface area contributed by atoms with Crippen LogP contribution in [0.3, 0.4) is 0 Å². The van der Waals surface area contributed by atoms with Crippen molar-refractivity contribution < 1.29 is 4.74 Å². The van der Waals surface area contributed by atoms with Gasteiger partial charge in [0, 0.05) is 46.4 Å². The van der Waals surface area contributed by atoms with E-state index in [2.05, 4.69) is 25.0 Å². The van der Waals surface area contributed by atoms with E-state index in [0.717, 1.165) is 25.9 Å². The Morgan fingerprint density at radius 3 is 2.40 bits per heavy atom. The molecule has 0 N–H and O–H groups in total. The van der Waals surface area contributed by atoms with Crippen molar-refractivity contribution in [1.82, 2.24) is 24.7 Å². The van der Waals surface area contributed by atoms with Crippen molar-refractivity contribution in [1.29, 1.82) is 0 Å². The molecule has 0 aliphatic carbocycles. The first-order valence-corrected chi connectivity index (χ1v) is 8.43. The van der Waals surface area contributed by atoms with E-state index in [1.807, 2.05) is 19.0 Å². The van der Waals surface area contributed by atoms with Crippen LogP contribution in [0.25, 0.3) is 0 Å². The molecular formula is C16H23N7O2. The molecule has 9 nitrogen and oxygen atoms in total. The van der Waals surface area contributed by atoms with Gasteiger partial charge in [-0.3, -0.25) is 4.79 Å². The fourth-order valence-electron chi connectivity index (χ4n) is 2.62. The Kier molecular flexibility index (Phi) is 5.11. The van der Waals surface area contributed by atoms with Crippen molar-refractivity contribution in [3.05, 3.63) is 22.5 Å². The Bertz CT molecular complexity index is 782. The molecule has 134 valence electrons. The lowest BCUT2D eigenvalue weighted by Crippen LogP contribution is -2.27. The van der Waals surface area contributed by atoms with Crippen molar-refractivity contribution in [2.45, 2.75) is 25.7 Å². The molecule has 0 radical (unpaired) electrons. The van der Waals surface area contributed by atoms with Crippen LogP contribution in [-0.4, -0.2) is 51.9 Å². The molecule has 0 saturated carbocycles. The summed E-state index contributed by atoms with van der Waals surface area (Å²) in [6, 6.07) is 3.07. The molecule has 9 heteroatoms. The average Bonchev–Trinajstić information content (AvgIpc) is 2.87. The molecule has 0 spiro atoms. The van der Waals surface area contributed by atoms with Crippen LogP contribution in [0.5, 0.6) is 11.9 Å². The first kappa shape index (κ1) is 17.1. The molecule has 3 rings (SSSR count). The predicted octanol–water partition coefficient (Wildman–Crippen LogP) is 1.20. The molecular weight excluding hydrogens is 322 g/mol.